The number of nitrogens with two attached hydrogens (primary N) is 1. The molecule has 18 heavy (non-hydrogen) atoms. The average Bonchev–Trinajstić information content (AvgIpc) is 2.41. The monoisotopic (exact) mass is 246 g/mol. The van der Waals surface area contributed by atoms with Crippen molar-refractivity contribution in [2.24, 2.45) is 5.73 Å². The van der Waals surface area contributed by atoms with Crippen molar-refractivity contribution >= 4 is 5.91 Å². The second-order valence-electron chi connectivity index (χ2n) is 3.77. The van der Waals surface area contributed by atoms with Gasteiger partial charge in [-0.1, -0.05) is 12.0 Å². The fourth-order valence-corrected chi connectivity index (χ4v) is 1.43. The molecule has 3 N–H and O–H groups in total. The predicted octanol–water partition coefficient (Wildman–Crippen LogP) is 1.17. The Morgan fingerprint density at radius 3 is 3.00 bits per heavy atom. The van der Waals surface area contributed by atoms with E-state index in [2.05, 4.69) is 11.2 Å². The molecule has 0 saturated heterocycles. The number of benzene rings is 1. The number of carbonyl (C=O) groups excluding carboxylic acids is 1. The van der Waals surface area contributed by atoms with E-state index in [9.17, 15) is 4.79 Å². The van der Waals surface area contributed by atoms with E-state index in [-0.39, 0.29) is 12.5 Å². The van der Waals surface area contributed by atoms with E-state index in [1.807, 2.05) is 0 Å². The van der Waals surface area contributed by atoms with Gasteiger partial charge in [-0.3, -0.25) is 4.79 Å². The number of terminal acetylenes is 1. The number of unbranched alkanes of at least 4 members (excludes halogenated alkanes) is 1. The maximum atomic E-state index is 11.8. The Hall–Kier alpha value is -1.99. The van der Waals surface area contributed by atoms with Crippen LogP contribution in [-0.2, 0) is 0 Å². The smallest absolute Gasteiger partial charge is 0.251 e. The van der Waals surface area contributed by atoms with Gasteiger partial charge in [0.1, 0.15) is 12.4 Å². The molecule has 0 aliphatic heterocycles. The first-order chi connectivity index (χ1) is 8.77. The van der Waals surface area contributed by atoms with Gasteiger partial charge in [0.25, 0.3) is 5.91 Å². The van der Waals surface area contributed by atoms with Crippen molar-refractivity contribution in [1.82, 2.24) is 5.32 Å². The molecule has 1 amide bonds. The van der Waals surface area contributed by atoms with E-state index >= 15 is 0 Å². The molecule has 0 spiro atoms. The summed E-state index contributed by atoms with van der Waals surface area (Å²) in [4.78, 5) is 11.8. The van der Waals surface area contributed by atoms with Crippen molar-refractivity contribution in [2.75, 3.05) is 19.7 Å². The number of hydrogen-bond acceptors (Lipinski definition) is 3. The number of carbonyl (C=O) groups is 1. The SMILES string of the molecule is C#CCOc1cccc(C(=O)NCCCCN)c1. The number of nitrogens with one attached hydrogen (secondary N) is 1. The summed E-state index contributed by atoms with van der Waals surface area (Å²) in [7, 11) is 0. The molecule has 0 aliphatic carbocycles. The Bertz CT molecular complexity index is 424. The van der Waals surface area contributed by atoms with Crippen molar-refractivity contribution in [3.8, 4) is 18.1 Å². The molecule has 4 nitrogen and oxygen atoms in total. The molecule has 0 fully saturated rings. The lowest BCUT2D eigenvalue weighted by Gasteiger charge is -2.07. The highest BCUT2D eigenvalue weighted by Gasteiger charge is 2.05. The van der Waals surface area contributed by atoms with Crippen molar-refractivity contribution in [1.29, 1.82) is 0 Å². The zero-order valence-electron chi connectivity index (χ0n) is 10.3. The Kier molecular flexibility index (Phi) is 6.37. The van der Waals surface area contributed by atoms with Crippen LogP contribution >= 0.6 is 0 Å². The van der Waals surface area contributed by atoms with Crippen LogP contribution in [0.25, 0.3) is 0 Å². The van der Waals surface area contributed by atoms with Crippen molar-refractivity contribution in [3.63, 3.8) is 0 Å². The first kappa shape index (κ1) is 14.1. The van der Waals surface area contributed by atoms with Gasteiger partial charge in [0, 0.05) is 12.1 Å². The molecular weight excluding hydrogens is 228 g/mol. The minimum absolute atomic E-state index is 0.113. The molecule has 0 saturated carbocycles. The van der Waals surface area contributed by atoms with E-state index in [4.69, 9.17) is 16.9 Å². The molecule has 1 aromatic carbocycles. The molecule has 0 unspecified atom stereocenters. The molecule has 0 aliphatic rings. The summed E-state index contributed by atoms with van der Waals surface area (Å²) in [5.41, 5.74) is 5.94. The van der Waals surface area contributed by atoms with E-state index in [1.54, 1.807) is 24.3 Å². The highest BCUT2D eigenvalue weighted by atomic mass is 16.5. The third kappa shape index (κ3) is 4.89. The van der Waals surface area contributed by atoms with Gasteiger partial charge in [0.2, 0.25) is 0 Å². The predicted molar refractivity (Wildman–Crippen MR) is 71.4 cm³/mol. The summed E-state index contributed by atoms with van der Waals surface area (Å²) in [5.74, 6) is 2.87. The van der Waals surface area contributed by atoms with Gasteiger partial charge in [0.15, 0.2) is 0 Å². The van der Waals surface area contributed by atoms with Crippen molar-refractivity contribution in [2.45, 2.75) is 12.8 Å². The largest absolute Gasteiger partial charge is 0.481 e. The van der Waals surface area contributed by atoms with Crippen LogP contribution in [0.15, 0.2) is 24.3 Å². The zero-order chi connectivity index (χ0) is 13.2. The Labute approximate surface area is 108 Å². The molecule has 1 aromatic rings. The van der Waals surface area contributed by atoms with E-state index in [0.717, 1.165) is 12.8 Å². The maximum absolute atomic E-state index is 11.8. The Balaban J connectivity index is 2.49. The van der Waals surface area contributed by atoms with Gasteiger partial charge in [-0.2, -0.15) is 0 Å². The Morgan fingerprint density at radius 1 is 1.44 bits per heavy atom. The standard InChI is InChI=1S/C14H18N2O2/c1-2-10-18-13-7-5-6-12(11-13)14(17)16-9-4-3-8-15/h1,5-7,11H,3-4,8-10,15H2,(H,16,17). The lowest BCUT2D eigenvalue weighted by Crippen LogP contribution is -2.24. The first-order valence-corrected chi connectivity index (χ1v) is 5.92. The van der Waals surface area contributed by atoms with Crippen LogP contribution in [0.1, 0.15) is 23.2 Å². The maximum Gasteiger partial charge on any atom is 0.251 e. The third-order valence-electron chi connectivity index (χ3n) is 2.33. The number of rotatable bonds is 7. The highest BCUT2D eigenvalue weighted by molar-refractivity contribution is 5.94. The molecule has 1 rings (SSSR count). The normalized spacial score (nSPS) is 9.56. The number of hydrogen-bond donors (Lipinski definition) is 2. The average molecular weight is 246 g/mol. The molecule has 0 radical (unpaired) electrons. The van der Waals surface area contributed by atoms with E-state index in [0.29, 0.717) is 24.4 Å². The summed E-state index contributed by atoms with van der Waals surface area (Å²) < 4.78 is 5.26. The van der Waals surface area contributed by atoms with Crippen LogP contribution in [0.5, 0.6) is 5.75 Å². The zero-order valence-corrected chi connectivity index (χ0v) is 10.3. The summed E-state index contributed by atoms with van der Waals surface area (Å²) in [6, 6.07) is 6.94. The van der Waals surface area contributed by atoms with E-state index < -0.39 is 0 Å². The fraction of sp³-hybridized carbons (Fsp3) is 0.357. The highest BCUT2D eigenvalue weighted by Crippen LogP contribution is 2.13. The molecular formula is C14H18N2O2. The lowest BCUT2D eigenvalue weighted by atomic mass is 10.2. The minimum Gasteiger partial charge on any atom is -0.481 e. The van der Waals surface area contributed by atoms with Crippen LogP contribution in [0.2, 0.25) is 0 Å². The van der Waals surface area contributed by atoms with Gasteiger partial charge in [0.05, 0.1) is 0 Å². The summed E-state index contributed by atoms with van der Waals surface area (Å²) in [6.07, 6.45) is 6.90. The molecule has 96 valence electrons. The Morgan fingerprint density at radius 2 is 2.28 bits per heavy atom. The molecule has 0 heterocycles. The second kappa shape index (κ2) is 8.15. The fourth-order valence-electron chi connectivity index (χ4n) is 1.43. The van der Waals surface area contributed by atoms with Crippen LogP contribution in [0.3, 0.4) is 0 Å². The van der Waals surface area contributed by atoms with Gasteiger partial charge < -0.3 is 15.8 Å². The van der Waals surface area contributed by atoms with Crippen LogP contribution in [0.4, 0.5) is 0 Å². The third-order valence-corrected chi connectivity index (χ3v) is 2.33. The number of ether oxygens (including phenoxy) is 1. The summed E-state index contributed by atoms with van der Waals surface area (Å²) in [6.45, 7) is 1.47. The van der Waals surface area contributed by atoms with Gasteiger partial charge in [-0.25, -0.2) is 0 Å². The van der Waals surface area contributed by atoms with Gasteiger partial charge in [-0.05, 0) is 37.6 Å². The quantitative estimate of drug-likeness (QED) is 0.560. The molecule has 4 heteroatoms. The first-order valence-electron chi connectivity index (χ1n) is 5.92. The topological polar surface area (TPSA) is 64.3 Å². The molecule has 0 bridgehead atoms. The summed E-state index contributed by atoms with van der Waals surface area (Å²) >= 11 is 0. The van der Waals surface area contributed by atoms with Gasteiger partial charge >= 0.3 is 0 Å². The van der Waals surface area contributed by atoms with Crippen LogP contribution < -0.4 is 15.8 Å². The van der Waals surface area contributed by atoms with Gasteiger partial charge in [-0.15, -0.1) is 6.42 Å². The van der Waals surface area contributed by atoms with Crippen molar-refractivity contribution < 1.29 is 9.53 Å². The van der Waals surface area contributed by atoms with Crippen molar-refractivity contribution in [3.05, 3.63) is 29.8 Å². The van der Waals surface area contributed by atoms with E-state index in [1.165, 1.54) is 0 Å². The molecule has 0 aromatic heterocycles. The van der Waals surface area contributed by atoms with Crippen LogP contribution in [-0.4, -0.2) is 25.6 Å². The lowest BCUT2D eigenvalue weighted by molar-refractivity contribution is 0.0952. The minimum atomic E-state index is -0.113. The second-order valence-corrected chi connectivity index (χ2v) is 3.77. The summed E-state index contributed by atoms with van der Waals surface area (Å²) in [5, 5.41) is 2.83. The molecule has 0 atom stereocenters. The van der Waals surface area contributed by atoms with Crippen LogP contribution in [0, 0.1) is 12.3 Å². The number of amides is 1.